The second-order valence-corrected chi connectivity index (χ2v) is 9.18. The van der Waals surface area contributed by atoms with Crippen LogP contribution >= 0.6 is 11.6 Å². The molecule has 1 aromatic carbocycles. The van der Waals surface area contributed by atoms with Crippen LogP contribution in [0.2, 0.25) is 5.02 Å². The second kappa shape index (κ2) is 11.1. The van der Waals surface area contributed by atoms with Gasteiger partial charge in [-0.3, -0.25) is 24.9 Å². The normalized spacial score (nSPS) is 15.8. The van der Waals surface area contributed by atoms with Crippen LogP contribution in [0.3, 0.4) is 0 Å². The highest BCUT2D eigenvalue weighted by atomic mass is 35.5. The van der Waals surface area contributed by atoms with Gasteiger partial charge in [0, 0.05) is 43.9 Å². The quantitative estimate of drug-likeness (QED) is 0.227. The molecule has 0 unspecified atom stereocenters. The van der Waals surface area contributed by atoms with Crippen LogP contribution in [0.25, 0.3) is 0 Å². The molecule has 2 aromatic heterocycles. The van der Waals surface area contributed by atoms with E-state index in [1.165, 1.54) is 0 Å². The highest BCUT2D eigenvalue weighted by Crippen LogP contribution is 2.40. The monoisotopic (exact) mass is 527 g/mol. The predicted molar refractivity (Wildman–Crippen MR) is 137 cm³/mol. The molecular formula is C23H26ClN9O4. The first-order valence-corrected chi connectivity index (χ1v) is 12.3. The summed E-state index contributed by atoms with van der Waals surface area (Å²) in [5.74, 6) is -0.118. The van der Waals surface area contributed by atoms with Crippen LogP contribution in [0.15, 0.2) is 30.3 Å². The Bertz CT molecular complexity index is 1290. The van der Waals surface area contributed by atoms with Crippen molar-refractivity contribution in [3.63, 3.8) is 0 Å². The maximum atomic E-state index is 13.1. The Hall–Kier alpha value is -3.81. The molecule has 2 aliphatic rings. The van der Waals surface area contributed by atoms with E-state index in [1.54, 1.807) is 30.3 Å². The maximum Gasteiger partial charge on any atom is 0.343 e. The molecule has 0 spiro atoms. The summed E-state index contributed by atoms with van der Waals surface area (Å²) in [6, 6.07) is 8.70. The number of carbonyl (C=O) groups is 1. The Labute approximate surface area is 217 Å². The summed E-state index contributed by atoms with van der Waals surface area (Å²) in [5, 5.41) is 28.2. The number of aromatic nitrogens is 4. The van der Waals surface area contributed by atoms with Gasteiger partial charge in [-0.15, -0.1) is 0 Å². The number of ether oxygens (including phenoxy) is 1. The molecule has 3 heterocycles. The first kappa shape index (κ1) is 24.9. The molecule has 5 rings (SSSR count). The van der Waals surface area contributed by atoms with Crippen LogP contribution in [0, 0.1) is 10.1 Å². The van der Waals surface area contributed by atoms with E-state index in [1.807, 2.05) is 0 Å². The summed E-state index contributed by atoms with van der Waals surface area (Å²) < 4.78 is 5.34. The van der Waals surface area contributed by atoms with Crippen molar-refractivity contribution in [1.29, 1.82) is 0 Å². The van der Waals surface area contributed by atoms with E-state index in [4.69, 9.17) is 16.3 Å². The number of hydrogen-bond donors (Lipinski definition) is 4. The van der Waals surface area contributed by atoms with Gasteiger partial charge in [-0.2, -0.15) is 10.1 Å². The van der Waals surface area contributed by atoms with Crippen LogP contribution in [-0.2, 0) is 4.74 Å². The van der Waals surface area contributed by atoms with Crippen molar-refractivity contribution < 1.29 is 14.5 Å². The number of nitro groups is 1. The van der Waals surface area contributed by atoms with Crippen LogP contribution in [0.5, 0.6) is 0 Å². The first-order valence-electron chi connectivity index (χ1n) is 12.0. The largest absolute Gasteiger partial charge is 0.379 e. The molecular weight excluding hydrogens is 502 g/mol. The number of nitrogens with one attached hydrogen (secondary N) is 4. The van der Waals surface area contributed by atoms with E-state index in [0.29, 0.717) is 48.7 Å². The third-order valence-electron chi connectivity index (χ3n) is 6.08. The molecule has 194 valence electrons. The van der Waals surface area contributed by atoms with Gasteiger partial charge in [0.25, 0.3) is 5.91 Å². The number of nitrogens with zero attached hydrogens (tertiary/aromatic N) is 5. The molecule has 13 nitrogen and oxygen atoms in total. The molecule has 1 saturated carbocycles. The Morgan fingerprint density at radius 3 is 2.73 bits per heavy atom. The molecule has 14 heteroatoms. The Morgan fingerprint density at radius 2 is 2.00 bits per heavy atom. The van der Waals surface area contributed by atoms with Crippen molar-refractivity contribution in [2.45, 2.75) is 18.8 Å². The third kappa shape index (κ3) is 6.13. The van der Waals surface area contributed by atoms with Gasteiger partial charge in [0.1, 0.15) is 0 Å². The molecule has 1 aliphatic carbocycles. The first-order chi connectivity index (χ1) is 18.0. The maximum absolute atomic E-state index is 13.1. The highest BCUT2D eigenvalue weighted by molar-refractivity contribution is 6.33. The fraction of sp³-hybridized carbons (Fsp3) is 0.391. The lowest BCUT2D eigenvalue weighted by Crippen LogP contribution is -2.41. The van der Waals surface area contributed by atoms with E-state index in [-0.39, 0.29) is 17.5 Å². The average molecular weight is 528 g/mol. The second-order valence-electron chi connectivity index (χ2n) is 8.77. The van der Waals surface area contributed by atoms with E-state index in [2.05, 4.69) is 41.0 Å². The molecule has 37 heavy (non-hydrogen) atoms. The molecule has 1 aliphatic heterocycles. The number of H-pyrrole nitrogens is 1. The molecule has 1 amide bonds. The minimum Gasteiger partial charge on any atom is -0.379 e. The van der Waals surface area contributed by atoms with E-state index < -0.39 is 16.5 Å². The number of rotatable bonds is 10. The number of hydrogen-bond acceptors (Lipinski definition) is 10. The smallest absolute Gasteiger partial charge is 0.343 e. The highest BCUT2D eigenvalue weighted by Gasteiger charge is 2.31. The molecule has 0 bridgehead atoms. The van der Waals surface area contributed by atoms with Gasteiger partial charge in [0.05, 0.1) is 28.8 Å². The number of halogens is 1. The van der Waals surface area contributed by atoms with Gasteiger partial charge in [-0.25, -0.2) is 4.98 Å². The van der Waals surface area contributed by atoms with Crippen LogP contribution in [0.4, 0.5) is 29.0 Å². The molecule has 1 saturated heterocycles. The molecule has 3 aromatic rings. The van der Waals surface area contributed by atoms with Gasteiger partial charge >= 0.3 is 5.69 Å². The summed E-state index contributed by atoms with van der Waals surface area (Å²) in [6.07, 6.45) is 2.13. The van der Waals surface area contributed by atoms with Crippen molar-refractivity contribution in [3.05, 3.63) is 56.9 Å². The fourth-order valence-corrected chi connectivity index (χ4v) is 4.16. The van der Waals surface area contributed by atoms with Gasteiger partial charge < -0.3 is 20.7 Å². The van der Waals surface area contributed by atoms with Crippen molar-refractivity contribution in [3.8, 4) is 0 Å². The van der Waals surface area contributed by atoms with Gasteiger partial charge in [-0.05, 0) is 25.0 Å². The fourth-order valence-electron chi connectivity index (χ4n) is 3.97. The van der Waals surface area contributed by atoms with Crippen LogP contribution in [0.1, 0.15) is 34.9 Å². The third-order valence-corrected chi connectivity index (χ3v) is 6.41. The predicted octanol–water partition coefficient (Wildman–Crippen LogP) is 3.19. The van der Waals surface area contributed by atoms with E-state index in [9.17, 15) is 14.9 Å². The lowest BCUT2D eigenvalue weighted by Gasteiger charge is -2.26. The molecule has 0 radical (unpaired) electrons. The number of anilines is 4. The van der Waals surface area contributed by atoms with Gasteiger partial charge in [0.2, 0.25) is 17.5 Å². The zero-order valence-corrected chi connectivity index (χ0v) is 20.6. The van der Waals surface area contributed by atoms with Crippen molar-refractivity contribution >= 4 is 46.5 Å². The minimum atomic E-state index is -0.687. The summed E-state index contributed by atoms with van der Waals surface area (Å²) in [7, 11) is 0. The molecule has 2 fully saturated rings. The van der Waals surface area contributed by atoms with E-state index in [0.717, 1.165) is 31.6 Å². The summed E-state index contributed by atoms with van der Waals surface area (Å²) >= 11 is 6.26. The number of carbonyl (C=O) groups excluding carboxylic acids is 1. The van der Waals surface area contributed by atoms with Crippen LogP contribution < -0.4 is 16.0 Å². The zero-order chi connectivity index (χ0) is 25.8. The lowest BCUT2D eigenvalue weighted by molar-refractivity contribution is -0.384. The Morgan fingerprint density at radius 1 is 1.22 bits per heavy atom. The minimum absolute atomic E-state index is 0.0301. The molecule has 4 N–H and O–H groups in total. The van der Waals surface area contributed by atoms with Crippen LogP contribution in [-0.4, -0.2) is 75.3 Å². The van der Waals surface area contributed by atoms with Gasteiger partial charge in [-0.1, -0.05) is 23.7 Å². The standard InChI is InChI=1S/C23H26ClN9O4/c24-15-3-1-2-4-16(15)26-23-28-19(22(34)25-7-8-32-9-11-37-12-10-32)20(33(35)36)21(29-23)27-18-13-17(30-31-18)14-5-6-14/h1-4,13-14H,5-12H2,(H,25,34)(H3,26,27,28,29,30,31). The summed E-state index contributed by atoms with van der Waals surface area (Å²) in [5.41, 5.74) is 0.495. The van der Waals surface area contributed by atoms with Gasteiger partial charge in [0.15, 0.2) is 5.82 Å². The zero-order valence-electron chi connectivity index (χ0n) is 19.9. The number of morpholine rings is 1. The number of amides is 1. The summed E-state index contributed by atoms with van der Waals surface area (Å²) in [4.78, 5) is 35.2. The van der Waals surface area contributed by atoms with Crippen molar-refractivity contribution in [2.75, 3.05) is 50.0 Å². The summed E-state index contributed by atoms with van der Waals surface area (Å²) in [6.45, 7) is 3.66. The lowest BCUT2D eigenvalue weighted by atomic mass is 10.2. The van der Waals surface area contributed by atoms with Crippen molar-refractivity contribution in [2.24, 2.45) is 0 Å². The molecule has 0 atom stereocenters. The van der Waals surface area contributed by atoms with Crippen molar-refractivity contribution in [1.82, 2.24) is 30.4 Å². The number of para-hydroxylation sites is 1. The number of aromatic amines is 1. The Balaban J connectivity index is 1.44. The Kier molecular flexibility index (Phi) is 7.44. The topological polar surface area (TPSA) is 163 Å². The van der Waals surface area contributed by atoms with E-state index >= 15 is 0 Å². The number of benzene rings is 1. The average Bonchev–Trinajstić information content (AvgIpc) is 3.64. The SMILES string of the molecule is O=C(NCCN1CCOCC1)c1nc(Nc2ccccc2Cl)nc(Nc2cc(C3CC3)[nH]n2)c1[N+](=O)[O-].